The fourth-order valence-electron chi connectivity index (χ4n) is 3.25. The maximum absolute atomic E-state index is 12.8. The zero-order valence-corrected chi connectivity index (χ0v) is 15.1. The van der Waals surface area contributed by atoms with Gasteiger partial charge < -0.3 is 14.6 Å². The molecule has 3 heterocycles. The minimum absolute atomic E-state index is 0.332. The first-order valence-corrected chi connectivity index (χ1v) is 8.75. The van der Waals surface area contributed by atoms with Crippen LogP contribution in [0.1, 0.15) is 29.5 Å². The van der Waals surface area contributed by atoms with E-state index < -0.39 is 6.09 Å². The van der Waals surface area contributed by atoms with E-state index in [-0.39, 0.29) is 5.91 Å². The first-order chi connectivity index (χ1) is 13.1. The van der Waals surface area contributed by atoms with E-state index in [4.69, 9.17) is 9.26 Å². The summed E-state index contributed by atoms with van der Waals surface area (Å²) in [7, 11) is 1.78. The van der Waals surface area contributed by atoms with Crippen LogP contribution >= 0.6 is 0 Å². The van der Waals surface area contributed by atoms with Crippen LogP contribution in [-0.2, 0) is 18.2 Å². The molecule has 1 aliphatic rings. The molecular formula is C18H19N5O4. The standard InChI is InChI=1S/C18H19N5O4/c1-3-5-14-11(10-19-27-14)17(24)20-16-15-12(22(2)21-16)6-4-7-13(15)23-8-9-26-18(23)25/h4,6-7,10H,3,5,8-9H2,1-2H3,(H,20,21,24). The Morgan fingerprint density at radius 2 is 2.22 bits per heavy atom. The van der Waals surface area contributed by atoms with Gasteiger partial charge in [-0.15, -0.1) is 0 Å². The number of cyclic esters (lactones) is 1. The summed E-state index contributed by atoms with van der Waals surface area (Å²) in [5, 5.41) is 11.7. The number of aryl methyl sites for hydroxylation is 2. The molecule has 1 fully saturated rings. The Morgan fingerprint density at radius 3 is 2.96 bits per heavy atom. The van der Waals surface area contributed by atoms with Crippen LogP contribution in [0.4, 0.5) is 16.3 Å². The van der Waals surface area contributed by atoms with Crippen molar-refractivity contribution in [1.29, 1.82) is 0 Å². The van der Waals surface area contributed by atoms with Gasteiger partial charge in [0.05, 0.1) is 29.3 Å². The van der Waals surface area contributed by atoms with Gasteiger partial charge in [-0.1, -0.05) is 18.1 Å². The summed E-state index contributed by atoms with van der Waals surface area (Å²) in [5.74, 6) is 0.563. The van der Waals surface area contributed by atoms with E-state index in [0.717, 1.165) is 11.9 Å². The zero-order chi connectivity index (χ0) is 19.0. The predicted molar refractivity (Wildman–Crippen MR) is 97.9 cm³/mol. The van der Waals surface area contributed by atoms with Crippen LogP contribution < -0.4 is 10.2 Å². The van der Waals surface area contributed by atoms with E-state index in [1.165, 1.54) is 6.20 Å². The number of carbonyl (C=O) groups excluding carboxylic acids is 2. The van der Waals surface area contributed by atoms with E-state index in [2.05, 4.69) is 15.6 Å². The van der Waals surface area contributed by atoms with Crippen molar-refractivity contribution in [2.24, 2.45) is 7.05 Å². The Labute approximate surface area is 154 Å². The number of hydrogen-bond acceptors (Lipinski definition) is 6. The van der Waals surface area contributed by atoms with Gasteiger partial charge in [-0.25, -0.2) is 4.79 Å². The number of ether oxygens (including phenoxy) is 1. The van der Waals surface area contributed by atoms with Crippen LogP contribution in [-0.4, -0.2) is 40.1 Å². The first kappa shape index (κ1) is 17.1. The molecule has 140 valence electrons. The molecule has 4 rings (SSSR count). The molecular weight excluding hydrogens is 350 g/mol. The molecule has 1 aromatic carbocycles. The van der Waals surface area contributed by atoms with Gasteiger partial charge in [0.1, 0.15) is 17.9 Å². The number of carbonyl (C=O) groups is 2. The highest BCUT2D eigenvalue weighted by atomic mass is 16.6. The second kappa shape index (κ2) is 6.75. The average Bonchev–Trinajstić information content (AvgIpc) is 3.36. The highest BCUT2D eigenvalue weighted by molar-refractivity contribution is 6.12. The quantitative estimate of drug-likeness (QED) is 0.742. The van der Waals surface area contributed by atoms with Crippen LogP contribution in [0.5, 0.6) is 0 Å². The molecule has 0 spiro atoms. The lowest BCUT2D eigenvalue weighted by molar-refractivity contribution is 0.102. The highest BCUT2D eigenvalue weighted by Crippen LogP contribution is 2.34. The minimum atomic E-state index is -0.409. The van der Waals surface area contributed by atoms with Crippen molar-refractivity contribution in [2.75, 3.05) is 23.4 Å². The lowest BCUT2D eigenvalue weighted by atomic mass is 10.1. The second-order valence-corrected chi connectivity index (χ2v) is 6.28. The number of aromatic nitrogens is 3. The molecule has 0 bridgehead atoms. The van der Waals surface area contributed by atoms with E-state index in [0.29, 0.717) is 47.8 Å². The summed E-state index contributed by atoms with van der Waals surface area (Å²) in [6, 6.07) is 5.54. The van der Waals surface area contributed by atoms with Gasteiger partial charge in [-0.3, -0.25) is 14.4 Å². The Balaban J connectivity index is 1.74. The Morgan fingerprint density at radius 1 is 1.37 bits per heavy atom. The number of nitrogens with one attached hydrogen (secondary N) is 1. The molecule has 0 aliphatic carbocycles. The van der Waals surface area contributed by atoms with Gasteiger partial charge in [-0.2, -0.15) is 5.10 Å². The normalized spacial score (nSPS) is 14.0. The molecule has 1 aliphatic heterocycles. The van der Waals surface area contributed by atoms with Crippen LogP contribution in [0.15, 0.2) is 28.9 Å². The van der Waals surface area contributed by atoms with Crippen molar-refractivity contribution in [1.82, 2.24) is 14.9 Å². The Hall–Kier alpha value is -3.36. The maximum Gasteiger partial charge on any atom is 0.414 e. The van der Waals surface area contributed by atoms with Crippen LogP contribution in [0.3, 0.4) is 0 Å². The van der Waals surface area contributed by atoms with Gasteiger partial charge in [0.2, 0.25) is 0 Å². The SMILES string of the molecule is CCCc1oncc1C(=O)Nc1nn(C)c2cccc(N3CCOC3=O)c12. The molecule has 9 nitrogen and oxygen atoms in total. The van der Waals surface area contributed by atoms with Gasteiger partial charge >= 0.3 is 6.09 Å². The van der Waals surface area contributed by atoms with E-state index >= 15 is 0 Å². The van der Waals surface area contributed by atoms with E-state index in [1.807, 2.05) is 25.1 Å². The molecule has 0 radical (unpaired) electrons. The monoisotopic (exact) mass is 369 g/mol. The summed E-state index contributed by atoms with van der Waals surface area (Å²) in [6.45, 7) is 2.78. The van der Waals surface area contributed by atoms with Gasteiger partial charge in [0.15, 0.2) is 5.82 Å². The highest BCUT2D eigenvalue weighted by Gasteiger charge is 2.28. The summed E-state index contributed by atoms with van der Waals surface area (Å²) in [5.41, 5.74) is 1.83. The first-order valence-electron chi connectivity index (χ1n) is 8.75. The van der Waals surface area contributed by atoms with Gasteiger partial charge in [-0.05, 0) is 18.6 Å². The van der Waals surface area contributed by atoms with E-state index in [1.54, 1.807) is 16.6 Å². The third kappa shape index (κ3) is 2.90. The van der Waals surface area contributed by atoms with Crippen LogP contribution in [0.25, 0.3) is 10.9 Å². The minimum Gasteiger partial charge on any atom is -0.447 e. The summed E-state index contributed by atoms with van der Waals surface area (Å²) in [4.78, 5) is 26.3. The lowest BCUT2D eigenvalue weighted by Crippen LogP contribution is -2.23. The molecule has 0 atom stereocenters. The summed E-state index contributed by atoms with van der Waals surface area (Å²) in [6.07, 6.45) is 2.46. The molecule has 0 unspecified atom stereocenters. The Kier molecular flexibility index (Phi) is 4.27. The largest absolute Gasteiger partial charge is 0.447 e. The molecule has 1 saturated heterocycles. The maximum atomic E-state index is 12.8. The predicted octanol–water partition coefficient (Wildman–Crippen LogP) is 2.72. The number of hydrogen-bond donors (Lipinski definition) is 1. The van der Waals surface area contributed by atoms with Crippen molar-refractivity contribution in [3.8, 4) is 0 Å². The van der Waals surface area contributed by atoms with E-state index in [9.17, 15) is 9.59 Å². The summed E-state index contributed by atoms with van der Waals surface area (Å²) >= 11 is 0. The number of nitrogens with zero attached hydrogens (tertiary/aromatic N) is 4. The van der Waals surface area contributed by atoms with Crippen LogP contribution in [0.2, 0.25) is 0 Å². The third-order valence-electron chi connectivity index (χ3n) is 4.51. The van der Waals surface area contributed by atoms with Crippen molar-refractivity contribution in [3.63, 3.8) is 0 Å². The zero-order valence-electron chi connectivity index (χ0n) is 15.1. The molecule has 0 saturated carbocycles. The van der Waals surface area contributed by atoms with Crippen molar-refractivity contribution < 1.29 is 18.8 Å². The van der Waals surface area contributed by atoms with Gasteiger partial charge in [0, 0.05) is 13.5 Å². The van der Waals surface area contributed by atoms with Gasteiger partial charge in [0.25, 0.3) is 5.91 Å². The fourth-order valence-corrected chi connectivity index (χ4v) is 3.25. The second-order valence-electron chi connectivity index (χ2n) is 6.28. The van der Waals surface area contributed by atoms with Crippen molar-refractivity contribution in [3.05, 3.63) is 35.7 Å². The third-order valence-corrected chi connectivity index (χ3v) is 4.51. The smallest absolute Gasteiger partial charge is 0.414 e. The Bertz CT molecular complexity index is 1020. The molecule has 27 heavy (non-hydrogen) atoms. The molecule has 2 amide bonds. The molecule has 1 N–H and O–H groups in total. The summed E-state index contributed by atoms with van der Waals surface area (Å²) < 4.78 is 11.9. The van der Waals surface area contributed by atoms with Crippen LogP contribution in [0, 0.1) is 0 Å². The lowest BCUT2D eigenvalue weighted by Gasteiger charge is -2.14. The topological polar surface area (TPSA) is 102 Å². The van der Waals surface area contributed by atoms with Crippen molar-refractivity contribution >= 4 is 34.4 Å². The molecule has 2 aromatic heterocycles. The number of rotatable bonds is 5. The average molecular weight is 369 g/mol. The fraction of sp³-hybridized carbons (Fsp3) is 0.333. The number of benzene rings is 1. The molecule has 3 aromatic rings. The number of fused-ring (bicyclic) bond motifs is 1. The number of amides is 2. The molecule has 9 heteroatoms. The number of anilines is 2. The van der Waals surface area contributed by atoms with Crippen molar-refractivity contribution in [2.45, 2.75) is 19.8 Å².